The van der Waals surface area contributed by atoms with Gasteiger partial charge in [0.1, 0.15) is 12.4 Å². The number of fused-ring (bicyclic) bond motifs is 1. The fraction of sp³-hybridized carbons (Fsp3) is 0.467. The van der Waals surface area contributed by atoms with E-state index in [9.17, 15) is 4.79 Å². The summed E-state index contributed by atoms with van der Waals surface area (Å²) in [5.41, 5.74) is 7.70. The SMILES string of the molecule is Cc1nc2ccccc2n1CC(=O)N1CCCC1CN.Cl.Cl. The molecule has 5 nitrogen and oxygen atoms in total. The van der Waals surface area contributed by atoms with Crippen molar-refractivity contribution in [3.63, 3.8) is 0 Å². The maximum atomic E-state index is 12.5. The lowest BCUT2D eigenvalue weighted by molar-refractivity contribution is -0.132. The predicted molar refractivity (Wildman–Crippen MR) is 92.8 cm³/mol. The van der Waals surface area contributed by atoms with Gasteiger partial charge in [0.2, 0.25) is 5.91 Å². The van der Waals surface area contributed by atoms with Crippen LogP contribution in [0.5, 0.6) is 0 Å². The van der Waals surface area contributed by atoms with Crippen LogP contribution in [0.15, 0.2) is 24.3 Å². The van der Waals surface area contributed by atoms with Gasteiger partial charge in [-0.05, 0) is 31.9 Å². The molecule has 0 saturated carbocycles. The van der Waals surface area contributed by atoms with Gasteiger partial charge in [0.15, 0.2) is 0 Å². The lowest BCUT2D eigenvalue weighted by Crippen LogP contribution is -2.41. The third kappa shape index (κ3) is 3.37. The molecular weight excluding hydrogens is 323 g/mol. The molecule has 1 amide bonds. The summed E-state index contributed by atoms with van der Waals surface area (Å²) in [4.78, 5) is 18.9. The molecule has 1 unspecified atom stereocenters. The van der Waals surface area contributed by atoms with Crippen LogP contribution in [0.1, 0.15) is 18.7 Å². The van der Waals surface area contributed by atoms with Crippen LogP contribution in [0.4, 0.5) is 0 Å². The zero-order valence-electron chi connectivity index (χ0n) is 12.6. The number of aryl methyl sites for hydroxylation is 1. The largest absolute Gasteiger partial charge is 0.337 e. The average Bonchev–Trinajstić information content (AvgIpc) is 3.04. The molecule has 0 aliphatic carbocycles. The Balaban J connectivity index is 0.00000121. The summed E-state index contributed by atoms with van der Waals surface area (Å²) >= 11 is 0. The number of imidazole rings is 1. The maximum absolute atomic E-state index is 12.5. The molecule has 0 spiro atoms. The summed E-state index contributed by atoms with van der Waals surface area (Å²) in [5.74, 6) is 1.02. The molecule has 0 bridgehead atoms. The molecule has 0 radical (unpaired) electrons. The van der Waals surface area contributed by atoms with Gasteiger partial charge >= 0.3 is 0 Å². The highest BCUT2D eigenvalue weighted by Crippen LogP contribution is 2.19. The van der Waals surface area contributed by atoms with Crippen LogP contribution in [0, 0.1) is 6.92 Å². The molecule has 1 atom stereocenters. The Morgan fingerprint density at radius 2 is 2.09 bits per heavy atom. The molecule has 1 aliphatic rings. The molecule has 22 heavy (non-hydrogen) atoms. The van der Waals surface area contributed by atoms with E-state index in [0.717, 1.165) is 36.2 Å². The number of likely N-dealkylation sites (tertiary alicyclic amines) is 1. The Morgan fingerprint density at radius 3 is 2.82 bits per heavy atom. The van der Waals surface area contributed by atoms with E-state index < -0.39 is 0 Å². The highest BCUT2D eigenvalue weighted by molar-refractivity contribution is 5.85. The van der Waals surface area contributed by atoms with Crippen molar-refractivity contribution in [2.45, 2.75) is 32.4 Å². The number of carbonyl (C=O) groups excluding carboxylic acids is 1. The first-order valence-corrected chi connectivity index (χ1v) is 7.12. The van der Waals surface area contributed by atoms with Crippen molar-refractivity contribution >= 4 is 41.8 Å². The van der Waals surface area contributed by atoms with Crippen LogP contribution in [0.2, 0.25) is 0 Å². The number of benzene rings is 1. The van der Waals surface area contributed by atoms with Gasteiger partial charge < -0.3 is 15.2 Å². The number of halogens is 2. The second-order valence-corrected chi connectivity index (χ2v) is 5.35. The van der Waals surface area contributed by atoms with Crippen molar-refractivity contribution in [1.29, 1.82) is 0 Å². The standard InChI is InChI=1S/C15H20N4O.2ClH/c1-11-17-13-6-2-3-7-14(13)19(11)10-15(20)18-8-4-5-12(18)9-16;;/h2-3,6-7,12H,4-5,8-10,16H2,1H3;2*1H. The molecule has 2 heterocycles. The van der Waals surface area contributed by atoms with Gasteiger partial charge in [0, 0.05) is 19.1 Å². The van der Waals surface area contributed by atoms with E-state index in [1.165, 1.54) is 0 Å². The van der Waals surface area contributed by atoms with E-state index >= 15 is 0 Å². The van der Waals surface area contributed by atoms with E-state index in [-0.39, 0.29) is 36.8 Å². The Labute approximate surface area is 142 Å². The molecule has 2 aromatic rings. The lowest BCUT2D eigenvalue weighted by atomic mass is 10.2. The van der Waals surface area contributed by atoms with Gasteiger partial charge in [-0.2, -0.15) is 0 Å². The average molecular weight is 345 g/mol. The molecule has 1 saturated heterocycles. The predicted octanol–water partition coefficient (Wildman–Crippen LogP) is 2.14. The zero-order chi connectivity index (χ0) is 14.1. The van der Waals surface area contributed by atoms with E-state index in [0.29, 0.717) is 13.1 Å². The van der Waals surface area contributed by atoms with Crippen molar-refractivity contribution in [1.82, 2.24) is 14.5 Å². The Kier molecular flexibility index (Phi) is 6.66. The van der Waals surface area contributed by atoms with Crippen LogP contribution < -0.4 is 5.73 Å². The molecule has 1 aromatic carbocycles. The first-order chi connectivity index (χ1) is 9.70. The van der Waals surface area contributed by atoms with Gasteiger partial charge in [-0.15, -0.1) is 24.8 Å². The molecule has 7 heteroatoms. The number of nitrogens with zero attached hydrogens (tertiary/aromatic N) is 3. The van der Waals surface area contributed by atoms with E-state index in [1.54, 1.807) is 0 Å². The minimum Gasteiger partial charge on any atom is -0.337 e. The van der Waals surface area contributed by atoms with Gasteiger partial charge in [-0.3, -0.25) is 4.79 Å². The van der Waals surface area contributed by atoms with Crippen LogP contribution in [-0.2, 0) is 11.3 Å². The van der Waals surface area contributed by atoms with Crippen molar-refractivity contribution in [3.05, 3.63) is 30.1 Å². The number of aromatic nitrogens is 2. The second-order valence-electron chi connectivity index (χ2n) is 5.35. The topological polar surface area (TPSA) is 64.2 Å². The number of carbonyl (C=O) groups is 1. The molecule has 122 valence electrons. The second kappa shape index (κ2) is 7.81. The first-order valence-electron chi connectivity index (χ1n) is 7.12. The molecular formula is C15H22Cl2N4O. The Hall–Kier alpha value is -1.30. The van der Waals surface area contributed by atoms with E-state index in [2.05, 4.69) is 4.98 Å². The van der Waals surface area contributed by atoms with Gasteiger partial charge in [0.05, 0.1) is 11.0 Å². The van der Waals surface area contributed by atoms with Crippen molar-refractivity contribution in [2.75, 3.05) is 13.1 Å². The highest BCUT2D eigenvalue weighted by Gasteiger charge is 2.27. The van der Waals surface area contributed by atoms with Crippen molar-refractivity contribution in [3.8, 4) is 0 Å². The lowest BCUT2D eigenvalue weighted by Gasteiger charge is -2.24. The minimum absolute atomic E-state index is 0. The first kappa shape index (κ1) is 18.7. The van der Waals surface area contributed by atoms with Crippen molar-refractivity contribution < 1.29 is 4.79 Å². The van der Waals surface area contributed by atoms with Crippen LogP contribution in [-0.4, -0.2) is 39.5 Å². The number of amides is 1. The number of rotatable bonds is 3. The Morgan fingerprint density at radius 1 is 1.36 bits per heavy atom. The maximum Gasteiger partial charge on any atom is 0.242 e. The normalized spacial score (nSPS) is 17.2. The zero-order valence-corrected chi connectivity index (χ0v) is 14.2. The Bertz CT molecular complexity index is 644. The number of hydrogen-bond donors (Lipinski definition) is 1. The van der Waals surface area contributed by atoms with Crippen LogP contribution >= 0.6 is 24.8 Å². The summed E-state index contributed by atoms with van der Waals surface area (Å²) in [7, 11) is 0. The third-order valence-corrected chi connectivity index (χ3v) is 4.11. The fourth-order valence-electron chi connectivity index (χ4n) is 3.03. The van der Waals surface area contributed by atoms with Gasteiger partial charge in [0.25, 0.3) is 0 Å². The van der Waals surface area contributed by atoms with Crippen LogP contribution in [0.3, 0.4) is 0 Å². The summed E-state index contributed by atoms with van der Waals surface area (Å²) in [5, 5.41) is 0. The molecule has 1 fully saturated rings. The molecule has 3 rings (SSSR count). The van der Waals surface area contributed by atoms with E-state index in [4.69, 9.17) is 5.73 Å². The fourth-order valence-corrected chi connectivity index (χ4v) is 3.03. The molecule has 1 aromatic heterocycles. The number of nitrogens with two attached hydrogens (primary N) is 1. The van der Waals surface area contributed by atoms with Gasteiger partial charge in [-0.1, -0.05) is 12.1 Å². The monoisotopic (exact) mass is 344 g/mol. The summed E-state index contributed by atoms with van der Waals surface area (Å²) < 4.78 is 1.99. The smallest absolute Gasteiger partial charge is 0.242 e. The molecule has 2 N–H and O–H groups in total. The summed E-state index contributed by atoms with van der Waals surface area (Å²) in [6.07, 6.45) is 2.07. The minimum atomic E-state index is 0. The van der Waals surface area contributed by atoms with Gasteiger partial charge in [-0.25, -0.2) is 4.98 Å². The van der Waals surface area contributed by atoms with E-state index in [1.807, 2.05) is 40.7 Å². The third-order valence-electron chi connectivity index (χ3n) is 4.11. The summed E-state index contributed by atoms with van der Waals surface area (Å²) in [6, 6.07) is 8.13. The molecule has 1 aliphatic heterocycles. The quantitative estimate of drug-likeness (QED) is 0.927. The van der Waals surface area contributed by atoms with Crippen molar-refractivity contribution in [2.24, 2.45) is 5.73 Å². The summed E-state index contributed by atoms with van der Waals surface area (Å²) in [6.45, 7) is 3.67. The van der Waals surface area contributed by atoms with Crippen LogP contribution in [0.25, 0.3) is 11.0 Å². The number of para-hydroxylation sites is 2. The number of hydrogen-bond acceptors (Lipinski definition) is 3. The highest BCUT2D eigenvalue weighted by atomic mass is 35.5.